The second-order valence-electron chi connectivity index (χ2n) is 7.24. The van der Waals surface area contributed by atoms with E-state index >= 15 is 0 Å². The van der Waals surface area contributed by atoms with Gasteiger partial charge in [-0.15, -0.1) is 0 Å². The molecule has 0 radical (unpaired) electrons. The summed E-state index contributed by atoms with van der Waals surface area (Å²) in [6.45, 7) is 4.10. The predicted molar refractivity (Wildman–Crippen MR) is 120 cm³/mol. The number of aromatic nitrogens is 2. The number of nitrogens with one attached hydrogen (secondary N) is 1. The first-order chi connectivity index (χ1) is 14.4. The lowest BCUT2D eigenvalue weighted by Crippen LogP contribution is -2.28. The second kappa shape index (κ2) is 8.13. The molecule has 1 amide bonds. The van der Waals surface area contributed by atoms with Crippen LogP contribution in [0.2, 0.25) is 5.02 Å². The summed E-state index contributed by atoms with van der Waals surface area (Å²) in [4.78, 5) is 26.1. The number of carbonyl (C=O) groups excluding carboxylic acids is 1. The molecule has 30 heavy (non-hydrogen) atoms. The molecule has 0 bridgehead atoms. The highest BCUT2D eigenvalue weighted by molar-refractivity contribution is 6.34. The Morgan fingerprint density at radius 1 is 1.00 bits per heavy atom. The maximum Gasteiger partial charge on any atom is 0.276 e. The molecule has 0 saturated carbocycles. The van der Waals surface area contributed by atoms with E-state index in [-0.39, 0.29) is 17.8 Å². The third kappa shape index (κ3) is 3.84. The van der Waals surface area contributed by atoms with Crippen molar-refractivity contribution in [3.05, 3.63) is 104 Å². The Hall–Kier alpha value is -3.44. The number of amides is 1. The summed E-state index contributed by atoms with van der Waals surface area (Å²) in [6, 6.07) is 20.3. The highest BCUT2D eigenvalue weighted by Crippen LogP contribution is 2.28. The van der Waals surface area contributed by atoms with Crippen molar-refractivity contribution >= 4 is 34.0 Å². The fraction of sp³-hybridized carbons (Fsp3) is 0.125. The maximum atomic E-state index is 13.2. The fourth-order valence-corrected chi connectivity index (χ4v) is 3.88. The van der Waals surface area contributed by atoms with E-state index in [0.717, 1.165) is 16.7 Å². The highest BCUT2D eigenvalue weighted by atomic mass is 35.5. The molecule has 0 aliphatic carbocycles. The standard InChI is InChI=1S/C24H20ClN3O2/c1-15-12-16(2)21(20(25)13-15)26-23(29)22-18-10-6-7-11-19(18)24(30)28(27-22)14-17-8-4-3-5-9-17/h3-13H,14H2,1-2H3,(H,26,29). The van der Waals surface area contributed by atoms with Crippen molar-refractivity contribution in [1.29, 1.82) is 0 Å². The number of rotatable bonds is 4. The Morgan fingerprint density at radius 3 is 2.37 bits per heavy atom. The third-order valence-electron chi connectivity index (χ3n) is 4.93. The van der Waals surface area contributed by atoms with Crippen LogP contribution in [0.1, 0.15) is 27.2 Å². The van der Waals surface area contributed by atoms with Crippen molar-refractivity contribution < 1.29 is 4.79 Å². The molecular weight excluding hydrogens is 398 g/mol. The molecule has 4 aromatic rings. The molecule has 1 N–H and O–H groups in total. The number of benzene rings is 3. The van der Waals surface area contributed by atoms with Gasteiger partial charge in [-0.3, -0.25) is 9.59 Å². The van der Waals surface area contributed by atoms with Gasteiger partial charge in [0.15, 0.2) is 5.69 Å². The van der Waals surface area contributed by atoms with Gasteiger partial charge in [-0.25, -0.2) is 4.68 Å². The summed E-state index contributed by atoms with van der Waals surface area (Å²) >= 11 is 6.36. The molecule has 0 aliphatic heterocycles. The van der Waals surface area contributed by atoms with Crippen LogP contribution in [0.25, 0.3) is 10.8 Å². The van der Waals surface area contributed by atoms with Crippen LogP contribution in [-0.4, -0.2) is 15.7 Å². The highest BCUT2D eigenvalue weighted by Gasteiger charge is 2.19. The smallest absolute Gasteiger partial charge is 0.276 e. The van der Waals surface area contributed by atoms with Gasteiger partial charge in [0.25, 0.3) is 11.5 Å². The number of hydrogen-bond donors (Lipinski definition) is 1. The summed E-state index contributed by atoms with van der Waals surface area (Å²) in [6.07, 6.45) is 0. The minimum absolute atomic E-state index is 0.178. The summed E-state index contributed by atoms with van der Waals surface area (Å²) in [5.41, 5.74) is 3.27. The van der Waals surface area contributed by atoms with Crippen LogP contribution in [-0.2, 0) is 6.54 Å². The van der Waals surface area contributed by atoms with Crippen molar-refractivity contribution in [3.8, 4) is 0 Å². The van der Waals surface area contributed by atoms with Crippen LogP contribution in [0.5, 0.6) is 0 Å². The quantitative estimate of drug-likeness (QED) is 0.510. The molecule has 0 atom stereocenters. The van der Waals surface area contributed by atoms with Crippen molar-refractivity contribution in [1.82, 2.24) is 9.78 Å². The molecule has 150 valence electrons. The summed E-state index contributed by atoms with van der Waals surface area (Å²) in [5.74, 6) is -0.415. The summed E-state index contributed by atoms with van der Waals surface area (Å²) in [7, 11) is 0. The molecule has 0 saturated heterocycles. The maximum absolute atomic E-state index is 13.2. The zero-order chi connectivity index (χ0) is 21.3. The summed E-state index contributed by atoms with van der Waals surface area (Å²) < 4.78 is 1.33. The first-order valence-electron chi connectivity index (χ1n) is 9.56. The monoisotopic (exact) mass is 417 g/mol. The van der Waals surface area contributed by atoms with Gasteiger partial charge in [0.1, 0.15) is 0 Å². The third-order valence-corrected chi connectivity index (χ3v) is 5.23. The largest absolute Gasteiger partial charge is 0.319 e. The Balaban J connectivity index is 1.81. The molecule has 0 fully saturated rings. The lowest BCUT2D eigenvalue weighted by Gasteiger charge is -2.14. The van der Waals surface area contributed by atoms with Crippen LogP contribution in [0.3, 0.4) is 0 Å². The normalized spacial score (nSPS) is 10.9. The molecule has 4 rings (SSSR count). The molecule has 5 nitrogen and oxygen atoms in total. The van der Waals surface area contributed by atoms with Gasteiger partial charge in [0.05, 0.1) is 22.6 Å². The van der Waals surface area contributed by atoms with Gasteiger partial charge < -0.3 is 5.32 Å². The Kier molecular flexibility index (Phi) is 5.38. The van der Waals surface area contributed by atoms with E-state index < -0.39 is 5.91 Å². The van der Waals surface area contributed by atoms with Crippen molar-refractivity contribution in [2.75, 3.05) is 5.32 Å². The molecule has 1 heterocycles. The Labute approximate surface area is 178 Å². The first kappa shape index (κ1) is 19.9. The van der Waals surface area contributed by atoms with Crippen molar-refractivity contribution in [2.45, 2.75) is 20.4 Å². The number of aryl methyl sites for hydroxylation is 2. The van der Waals surface area contributed by atoms with Crippen LogP contribution >= 0.6 is 11.6 Å². The molecule has 0 aliphatic rings. The fourth-order valence-electron chi connectivity index (χ4n) is 3.51. The van der Waals surface area contributed by atoms with Gasteiger partial charge in [0.2, 0.25) is 0 Å². The minimum atomic E-state index is -0.415. The van der Waals surface area contributed by atoms with Crippen LogP contribution in [0.15, 0.2) is 71.5 Å². The zero-order valence-corrected chi connectivity index (χ0v) is 17.4. The van der Waals surface area contributed by atoms with Crippen molar-refractivity contribution in [2.24, 2.45) is 0 Å². The topological polar surface area (TPSA) is 64.0 Å². The molecule has 0 unspecified atom stereocenters. The van der Waals surface area contributed by atoms with E-state index in [1.54, 1.807) is 30.3 Å². The average molecular weight is 418 g/mol. The number of halogens is 1. The number of anilines is 1. The van der Waals surface area contributed by atoms with E-state index in [4.69, 9.17) is 11.6 Å². The first-order valence-corrected chi connectivity index (χ1v) is 9.93. The Bertz CT molecular complexity index is 1290. The number of fused-ring (bicyclic) bond motifs is 1. The van der Waals surface area contributed by atoms with Crippen LogP contribution in [0.4, 0.5) is 5.69 Å². The Morgan fingerprint density at radius 2 is 1.67 bits per heavy atom. The van der Waals surface area contributed by atoms with Gasteiger partial charge in [-0.05, 0) is 42.7 Å². The molecular formula is C24H20ClN3O2. The van der Waals surface area contributed by atoms with E-state index in [2.05, 4.69) is 10.4 Å². The lowest BCUT2D eigenvalue weighted by atomic mass is 10.1. The number of carbonyl (C=O) groups is 1. The van der Waals surface area contributed by atoms with E-state index in [1.807, 2.05) is 50.2 Å². The van der Waals surface area contributed by atoms with E-state index in [9.17, 15) is 9.59 Å². The molecule has 0 spiro atoms. The molecule has 1 aromatic heterocycles. The molecule has 3 aromatic carbocycles. The minimum Gasteiger partial charge on any atom is -0.319 e. The van der Waals surface area contributed by atoms with Gasteiger partial charge in [-0.1, -0.05) is 66.2 Å². The van der Waals surface area contributed by atoms with Crippen LogP contribution in [0, 0.1) is 13.8 Å². The van der Waals surface area contributed by atoms with Gasteiger partial charge in [-0.2, -0.15) is 5.10 Å². The van der Waals surface area contributed by atoms with E-state index in [1.165, 1.54) is 4.68 Å². The van der Waals surface area contributed by atoms with Crippen molar-refractivity contribution in [3.63, 3.8) is 0 Å². The number of hydrogen-bond acceptors (Lipinski definition) is 3. The summed E-state index contributed by atoms with van der Waals surface area (Å²) in [5, 5.41) is 8.70. The van der Waals surface area contributed by atoms with Crippen LogP contribution < -0.4 is 10.9 Å². The average Bonchev–Trinajstić information content (AvgIpc) is 2.73. The zero-order valence-electron chi connectivity index (χ0n) is 16.6. The second-order valence-corrected chi connectivity index (χ2v) is 7.64. The lowest BCUT2D eigenvalue weighted by molar-refractivity contribution is 0.102. The SMILES string of the molecule is Cc1cc(C)c(NC(=O)c2nn(Cc3ccccc3)c(=O)c3ccccc23)c(Cl)c1. The number of nitrogens with zero attached hydrogens (tertiary/aromatic N) is 2. The van der Waals surface area contributed by atoms with E-state index in [0.29, 0.717) is 21.5 Å². The predicted octanol–water partition coefficient (Wildman–Crippen LogP) is 4.97. The molecule has 6 heteroatoms. The van der Waals surface area contributed by atoms with Gasteiger partial charge >= 0.3 is 0 Å². The van der Waals surface area contributed by atoms with Gasteiger partial charge in [0, 0.05) is 5.39 Å².